The number of methoxy groups -OCH3 is 1. The van der Waals surface area contributed by atoms with Crippen molar-refractivity contribution in [3.63, 3.8) is 0 Å². The summed E-state index contributed by atoms with van der Waals surface area (Å²) in [6, 6.07) is 16.3. The molecule has 2 aromatic rings. The molecule has 1 unspecified atom stereocenters. The van der Waals surface area contributed by atoms with Crippen LogP contribution in [-0.4, -0.2) is 36.8 Å². The van der Waals surface area contributed by atoms with Crippen LogP contribution in [0.5, 0.6) is 5.75 Å². The van der Waals surface area contributed by atoms with Crippen LogP contribution in [0.1, 0.15) is 53.1 Å². The van der Waals surface area contributed by atoms with Gasteiger partial charge in [0.05, 0.1) is 12.7 Å². The number of hydrogen-bond donors (Lipinski definition) is 0. The molecule has 1 aliphatic heterocycles. The van der Waals surface area contributed by atoms with E-state index in [2.05, 4.69) is 24.3 Å². The third-order valence-electron chi connectivity index (χ3n) is 6.23. The highest BCUT2D eigenvalue weighted by atomic mass is 16.5. The van der Waals surface area contributed by atoms with E-state index in [9.17, 15) is 9.59 Å². The minimum atomic E-state index is -0.224. The molecule has 1 amide bonds. The van der Waals surface area contributed by atoms with Crippen molar-refractivity contribution in [3.05, 3.63) is 65.2 Å². The Kier molecular flexibility index (Phi) is 5.47. The monoisotopic (exact) mass is 377 g/mol. The summed E-state index contributed by atoms with van der Waals surface area (Å²) < 4.78 is 5.39. The quantitative estimate of drug-likeness (QED) is 0.752. The summed E-state index contributed by atoms with van der Waals surface area (Å²) >= 11 is 0. The van der Waals surface area contributed by atoms with Gasteiger partial charge in [0.1, 0.15) is 5.75 Å². The van der Waals surface area contributed by atoms with Gasteiger partial charge in [0.15, 0.2) is 5.78 Å². The number of hydrogen-bond acceptors (Lipinski definition) is 3. The fraction of sp³-hybridized carbons (Fsp3) is 0.417. The summed E-state index contributed by atoms with van der Waals surface area (Å²) in [6.45, 7) is 1.55. The first kappa shape index (κ1) is 18.7. The van der Waals surface area contributed by atoms with E-state index < -0.39 is 0 Å². The number of nitrogens with zero attached hydrogens (tertiary/aromatic N) is 1. The van der Waals surface area contributed by atoms with Crippen LogP contribution in [0.3, 0.4) is 0 Å². The van der Waals surface area contributed by atoms with Crippen LogP contribution >= 0.6 is 0 Å². The topological polar surface area (TPSA) is 46.6 Å². The van der Waals surface area contributed by atoms with Crippen molar-refractivity contribution in [1.29, 1.82) is 0 Å². The molecule has 2 aliphatic rings. The molecule has 0 radical (unpaired) electrons. The highest BCUT2D eigenvalue weighted by molar-refractivity contribution is 6.02. The molecule has 28 heavy (non-hydrogen) atoms. The molecule has 4 heteroatoms. The largest absolute Gasteiger partial charge is 0.496 e. The van der Waals surface area contributed by atoms with E-state index in [0.717, 1.165) is 44.3 Å². The lowest BCUT2D eigenvalue weighted by atomic mass is 9.88. The molecule has 1 aliphatic carbocycles. The molecule has 4 nitrogen and oxygen atoms in total. The molecule has 1 heterocycles. The Balaban J connectivity index is 1.42. The maximum Gasteiger partial charge on any atom is 0.226 e. The average Bonchev–Trinajstić information content (AvgIpc) is 2.93. The van der Waals surface area contributed by atoms with E-state index in [1.54, 1.807) is 7.11 Å². The van der Waals surface area contributed by atoms with Gasteiger partial charge in [-0.2, -0.15) is 0 Å². The molecule has 0 saturated carbocycles. The summed E-state index contributed by atoms with van der Waals surface area (Å²) in [5, 5.41) is 0. The van der Waals surface area contributed by atoms with Crippen LogP contribution in [0.25, 0.3) is 0 Å². The number of likely N-dealkylation sites (tertiary alicyclic amines) is 1. The Morgan fingerprint density at radius 3 is 2.46 bits per heavy atom. The number of ether oxygens (including phenoxy) is 1. The minimum absolute atomic E-state index is 0.0301. The number of carbonyl (C=O) groups excluding carboxylic acids is 2. The first-order valence-electron chi connectivity index (χ1n) is 10.2. The first-order chi connectivity index (χ1) is 13.7. The van der Waals surface area contributed by atoms with Crippen molar-refractivity contribution < 1.29 is 14.3 Å². The molecule has 1 atom stereocenters. The molecule has 4 rings (SSSR count). The number of Topliss-reactive ketones (excluding diaryl/α,β-unsaturated/α-hetero) is 1. The standard InChI is InChI=1S/C24H27NO3/c1-28-22-9-5-8-19-10-11-20(16-21(26)23(19)22)24(27)25-14-12-18(13-15-25)17-6-3-2-4-7-17/h2-9,18,20H,10-16H2,1H3. The molecule has 2 aromatic carbocycles. The van der Waals surface area contributed by atoms with Gasteiger partial charge < -0.3 is 9.64 Å². The third kappa shape index (κ3) is 3.68. The van der Waals surface area contributed by atoms with E-state index in [-0.39, 0.29) is 24.0 Å². The SMILES string of the molecule is COc1cccc2c1C(=O)CC(C(=O)N1CCC(c3ccccc3)CC1)CC2. The van der Waals surface area contributed by atoms with Crippen LogP contribution in [0, 0.1) is 5.92 Å². The number of fused-ring (bicyclic) bond motifs is 1. The van der Waals surface area contributed by atoms with Gasteiger partial charge in [-0.3, -0.25) is 9.59 Å². The number of benzene rings is 2. The predicted molar refractivity (Wildman–Crippen MR) is 109 cm³/mol. The van der Waals surface area contributed by atoms with Gasteiger partial charge in [0.2, 0.25) is 5.91 Å². The van der Waals surface area contributed by atoms with Gasteiger partial charge in [-0.05, 0) is 48.8 Å². The van der Waals surface area contributed by atoms with Crippen molar-refractivity contribution in [2.45, 2.75) is 38.0 Å². The Morgan fingerprint density at radius 2 is 1.75 bits per heavy atom. The number of aryl methyl sites for hydroxylation is 1. The van der Waals surface area contributed by atoms with E-state index in [1.165, 1.54) is 5.56 Å². The molecule has 146 valence electrons. The lowest BCUT2D eigenvalue weighted by Crippen LogP contribution is -2.41. The lowest BCUT2D eigenvalue weighted by molar-refractivity contribution is -0.136. The fourth-order valence-corrected chi connectivity index (χ4v) is 4.66. The molecule has 1 fully saturated rings. The third-order valence-corrected chi connectivity index (χ3v) is 6.23. The zero-order chi connectivity index (χ0) is 19.5. The highest BCUT2D eigenvalue weighted by Gasteiger charge is 2.33. The summed E-state index contributed by atoms with van der Waals surface area (Å²) in [5.41, 5.74) is 3.03. The van der Waals surface area contributed by atoms with Crippen LogP contribution in [0.4, 0.5) is 0 Å². The smallest absolute Gasteiger partial charge is 0.226 e. The minimum Gasteiger partial charge on any atom is -0.496 e. The maximum atomic E-state index is 13.1. The number of rotatable bonds is 3. The van der Waals surface area contributed by atoms with Crippen molar-refractivity contribution in [3.8, 4) is 5.75 Å². The summed E-state index contributed by atoms with van der Waals surface area (Å²) in [4.78, 5) is 28.0. The van der Waals surface area contributed by atoms with Crippen molar-refractivity contribution in [2.75, 3.05) is 20.2 Å². The van der Waals surface area contributed by atoms with Crippen molar-refractivity contribution in [2.24, 2.45) is 5.92 Å². The van der Waals surface area contributed by atoms with Crippen molar-refractivity contribution >= 4 is 11.7 Å². The number of amides is 1. The zero-order valence-corrected chi connectivity index (χ0v) is 16.4. The van der Waals surface area contributed by atoms with E-state index >= 15 is 0 Å². The Labute approximate surface area is 166 Å². The molecule has 0 N–H and O–H groups in total. The normalized spacial score (nSPS) is 20.4. The molecule has 0 aromatic heterocycles. The second-order valence-electron chi connectivity index (χ2n) is 7.87. The predicted octanol–water partition coefficient (Wildman–Crippen LogP) is 4.24. The lowest BCUT2D eigenvalue weighted by Gasteiger charge is -2.34. The zero-order valence-electron chi connectivity index (χ0n) is 16.4. The molecule has 0 spiro atoms. The van der Waals surface area contributed by atoms with Gasteiger partial charge in [-0.15, -0.1) is 0 Å². The van der Waals surface area contributed by atoms with Gasteiger partial charge in [-0.1, -0.05) is 42.5 Å². The summed E-state index contributed by atoms with van der Waals surface area (Å²) in [6.07, 6.45) is 3.73. The molecule has 1 saturated heterocycles. The average molecular weight is 377 g/mol. The van der Waals surface area contributed by atoms with Gasteiger partial charge >= 0.3 is 0 Å². The second kappa shape index (κ2) is 8.17. The maximum absolute atomic E-state index is 13.1. The van der Waals surface area contributed by atoms with Crippen LogP contribution in [0.2, 0.25) is 0 Å². The Bertz CT molecular complexity index is 853. The van der Waals surface area contributed by atoms with Gasteiger partial charge in [0, 0.05) is 25.4 Å². The first-order valence-corrected chi connectivity index (χ1v) is 10.2. The summed E-state index contributed by atoms with van der Waals surface area (Å²) in [7, 11) is 1.59. The molecule has 0 bridgehead atoms. The van der Waals surface area contributed by atoms with Gasteiger partial charge in [-0.25, -0.2) is 0 Å². The molecular weight excluding hydrogens is 350 g/mol. The van der Waals surface area contributed by atoms with Crippen LogP contribution < -0.4 is 4.74 Å². The number of carbonyl (C=O) groups is 2. The second-order valence-corrected chi connectivity index (χ2v) is 7.87. The number of ketones is 1. The number of piperidine rings is 1. The van der Waals surface area contributed by atoms with E-state index in [4.69, 9.17) is 4.74 Å². The Morgan fingerprint density at radius 1 is 1.00 bits per heavy atom. The van der Waals surface area contributed by atoms with E-state index in [0.29, 0.717) is 17.2 Å². The van der Waals surface area contributed by atoms with Crippen LogP contribution in [0.15, 0.2) is 48.5 Å². The Hall–Kier alpha value is -2.62. The summed E-state index contributed by atoms with van der Waals surface area (Å²) in [5.74, 6) is 1.10. The van der Waals surface area contributed by atoms with E-state index in [1.807, 2.05) is 29.2 Å². The highest BCUT2D eigenvalue weighted by Crippen LogP contribution is 2.33. The van der Waals surface area contributed by atoms with Crippen LogP contribution in [-0.2, 0) is 11.2 Å². The van der Waals surface area contributed by atoms with Gasteiger partial charge in [0.25, 0.3) is 0 Å². The molecular formula is C24H27NO3. The van der Waals surface area contributed by atoms with Crippen molar-refractivity contribution in [1.82, 2.24) is 4.90 Å². The fourth-order valence-electron chi connectivity index (χ4n) is 4.66.